The molecule has 0 spiro atoms. The fourth-order valence-electron chi connectivity index (χ4n) is 2.42. The van der Waals surface area contributed by atoms with Crippen LogP contribution in [-0.2, 0) is 6.18 Å². The van der Waals surface area contributed by atoms with Crippen molar-refractivity contribution >= 4 is 22.8 Å². The minimum atomic E-state index is -4.66. The summed E-state index contributed by atoms with van der Waals surface area (Å²) in [6.45, 7) is 3.68. The Bertz CT molecular complexity index is 897. The van der Waals surface area contributed by atoms with E-state index in [0.717, 1.165) is 17.8 Å². The second kappa shape index (κ2) is 8.80. The van der Waals surface area contributed by atoms with E-state index in [4.69, 9.17) is 4.74 Å². The van der Waals surface area contributed by atoms with Gasteiger partial charge >= 0.3 is 6.18 Å². The van der Waals surface area contributed by atoms with Gasteiger partial charge in [0.1, 0.15) is 17.5 Å². The van der Waals surface area contributed by atoms with E-state index in [2.05, 4.69) is 10.4 Å². The summed E-state index contributed by atoms with van der Waals surface area (Å²) in [4.78, 5) is 10.3. The summed E-state index contributed by atoms with van der Waals surface area (Å²) in [7, 11) is 3.61. The molecule has 2 aromatic carbocycles. The lowest BCUT2D eigenvalue weighted by atomic mass is 10.1. The molecule has 0 heterocycles. The lowest BCUT2D eigenvalue weighted by Gasteiger charge is -2.17. The van der Waals surface area contributed by atoms with Gasteiger partial charge in [0.05, 0.1) is 16.2 Å². The summed E-state index contributed by atoms with van der Waals surface area (Å²) < 4.78 is 44.2. The Kier molecular flexibility index (Phi) is 6.68. The van der Waals surface area contributed by atoms with Crippen molar-refractivity contribution in [1.82, 2.24) is 5.01 Å². The van der Waals surface area contributed by atoms with E-state index in [1.54, 1.807) is 43.4 Å². The van der Waals surface area contributed by atoms with E-state index in [9.17, 15) is 23.3 Å². The number of hydrazone groups is 1. The summed E-state index contributed by atoms with van der Waals surface area (Å²) in [5, 5.41) is 19.9. The zero-order valence-corrected chi connectivity index (χ0v) is 16.3. The van der Waals surface area contributed by atoms with E-state index in [0.29, 0.717) is 17.5 Å². The topological polar surface area (TPSA) is 80.0 Å². The number of hydrogen-bond donors (Lipinski definition) is 1. The van der Waals surface area contributed by atoms with E-state index in [-0.39, 0.29) is 11.8 Å². The molecule has 0 aromatic heterocycles. The van der Waals surface area contributed by atoms with Gasteiger partial charge in [-0.25, -0.2) is 0 Å². The molecular formula is C19H21F3N4O3. The minimum absolute atomic E-state index is 0.0426. The SMILES string of the molecule is C/C(=N\N(C)C)C(C)Oc1ccc(Nc2ccc(C(F)(F)F)cc2[N+](=O)[O-])cc1. The van der Waals surface area contributed by atoms with Gasteiger partial charge in [0.2, 0.25) is 0 Å². The predicted octanol–water partition coefficient (Wildman–Crippen LogP) is 5.06. The smallest absolute Gasteiger partial charge is 0.416 e. The molecule has 0 saturated carbocycles. The molecule has 29 heavy (non-hydrogen) atoms. The van der Waals surface area contributed by atoms with Crippen LogP contribution in [0.25, 0.3) is 0 Å². The second-order valence-electron chi connectivity index (χ2n) is 6.48. The van der Waals surface area contributed by atoms with Crippen molar-refractivity contribution < 1.29 is 22.8 Å². The second-order valence-corrected chi connectivity index (χ2v) is 6.48. The average Bonchev–Trinajstić information content (AvgIpc) is 2.62. The Morgan fingerprint density at radius 3 is 2.34 bits per heavy atom. The Morgan fingerprint density at radius 2 is 1.83 bits per heavy atom. The number of nitro benzene ring substituents is 1. The van der Waals surface area contributed by atoms with Gasteiger partial charge in [-0.15, -0.1) is 0 Å². The molecule has 10 heteroatoms. The van der Waals surface area contributed by atoms with Crippen LogP contribution in [0.4, 0.5) is 30.2 Å². The fraction of sp³-hybridized carbons (Fsp3) is 0.316. The van der Waals surface area contributed by atoms with Gasteiger partial charge in [-0.05, 0) is 50.2 Å². The van der Waals surface area contributed by atoms with Crippen LogP contribution in [0.5, 0.6) is 5.75 Å². The summed E-state index contributed by atoms with van der Waals surface area (Å²) in [5.74, 6) is 0.554. The molecule has 2 rings (SSSR count). The highest BCUT2D eigenvalue weighted by atomic mass is 19.4. The van der Waals surface area contributed by atoms with Crippen molar-refractivity contribution in [1.29, 1.82) is 0 Å². The van der Waals surface area contributed by atoms with Crippen LogP contribution in [-0.4, -0.2) is 35.8 Å². The molecule has 0 amide bonds. The molecule has 1 atom stereocenters. The maximum atomic E-state index is 12.8. The van der Waals surface area contributed by atoms with Crippen LogP contribution in [0.2, 0.25) is 0 Å². The molecule has 0 bridgehead atoms. The first-order valence-corrected chi connectivity index (χ1v) is 8.59. The van der Waals surface area contributed by atoms with Crippen LogP contribution in [0.1, 0.15) is 19.4 Å². The van der Waals surface area contributed by atoms with E-state index in [1.807, 2.05) is 13.8 Å². The van der Waals surface area contributed by atoms with Crippen molar-refractivity contribution in [2.24, 2.45) is 5.10 Å². The normalized spacial score (nSPS) is 13.0. The lowest BCUT2D eigenvalue weighted by molar-refractivity contribution is -0.384. The fourth-order valence-corrected chi connectivity index (χ4v) is 2.42. The molecule has 0 aliphatic carbocycles. The van der Waals surface area contributed by atoms with Gasteiger partial charge in [0, 0.05) is 25.8 Å². The monoisotopic (exact) mass is 410 g/mol. The Hall–Kier alpha value is -3.30. The highest BCUT2D eigenvalue weighted by Gasteiger charge is 2.33. The lowest BCUT2D eigenvalue weighted by Crippen LogP contribution is -2.23. The zero-order valence-electron chi connectivity index (χ0n) is 16.3. The standard InChI is InChI=1S/C19H21F3N4O3/c1-12(24-25(3)4)13(2)29-16-8-6-15(7-9-16)23-17-10-5-14(19(20,21)22)11-18(17)26(27)28/h5-11,13,23H,1-4H3/b24-12+. The number of alkyl halides is 3. The van der Waals surface area contributed by atoms with Crippen LogP contribution in [0.15, 0.2) is 47.6 Å². The molecule has 0 aliphatic rings. The Labute approximate surface area is 165 Å². The van der Waals surface area contributed by atoms with Gasteiger partial charge in [0.15, 0.2) is 0 Å². The number of benzene rings is 2. The zero-order chi connectivity index (χ0) is 21.8. The molecule has 2 aromatic rings. The number of hydrogen-bond acceptors (Lipinski definition) is 6. The number of anilines is 2. The number of nitrogens with zero attached hydrogens (tertiary/aromatic N) is 3. The largest absolute Gasteiger partial charge is 0.485 e. The molecule has 0 aliphatic heterocycles. The third kappa shape index (κ3) is 6.09. The molecule has 0 radical (unpaired) electrons. The molecule has 0 fully saturated rings. The first-order valence-electron chi connectivity index (χ1n) is 8.59. The summed E-state index contributed by atoms with van der Waals surface area (Å²) in [6, 6.07) is 8.86. The van der Waals surface area contributed by atoms with Crippen LogP contribution >= 0.6 is 0 Å². The first-order chi connectivity index (χ1) is 13.5. The highest BCUT2D eigenvalue weighted by Crippen LogP contribution is 2.36. The van der Waals surface area contributed by atoms with E-state index < -0.39 is 22.4 Å². The minimum Gasteiger partial charge on any atom is -0.485 e. The average molecular weight is 410 g/mol. The van der Waals surface area contributed by atoms with Gasteiger partial charge in [-0.3, -0.25) is 10.1 Å². The van der Waals surface area contributed by atoms with Gasteiger partial charge in [0.25, 0.3) is 5.69 Å². The van der Waals surface area contributed by atoms with Gasteiger partial charge in [-0.2, -0.15) is 18.3 Å². The summed E-state index contributed by atoms with van der Waals surface area (Å²) in [5.41, 5.74) is -0.547. The van der Waals surface area contributed by atoms with Crippen molar-refractivity contribution in [3.63, 3.8) is 0 Å². The van der Waals surface area contributed by atoms with Crippen molar-refractivity contribution in [3.8, 4) is 5.75 Å². The first kappa shape index (κ1) is 22.0. The number of nitrogens with one attached hydrogen (secondary N) is 1. The molecule has 1 unspecified atom stereocenters. The summed E-state index contributed by atoms with van der Waals surface area (Å²) >= 11 is 0. The van der Waals surface area contributed by atoms with Gasteiger partial charge < -0.3 is 15.1 Å². The molecule has 7 nitrogen and oxygen atoms in total. The van der Waals surface area contributed by atoms with E-state index in [1.165, 1.54) is 0 Å². The Balaban J connectivity index is 2.16. The van der Waals surface area contributed by atoms with E-state index >= 15 is 0 Å². The third-order valence-electron chi connectivity index (χ3n) is 3.91. The van der Waals surface area contributed by atoms with Crippen LogP contribution in [0.3, 0.4) is 0 Å². The maximum absolute atomic E-state index is 12.8. The van der Waals surface area contributed by atoms with Gasteiger partial charge in [-0.1, -0.05) is 0 Å². The van der Waals surface area contributed by atoms with Crippen LogP contribution < -0.4 is 10.1 Å². The molecule has 0 saturated heterocycles. The summed E-state index contributed by atoms with van der Waals surface area (Å²) in [6.07, 6.45) is -4.93. The predicted molar refractivity (Wildman–Crippen MR) is 105 cm³/mol. The van der Waals surface area contributed by atoms with Crippen molar-refractivity contribution in [2.75, 3.05) is 19.4 Å². The number of halogens is 3. The number of nitro groups is 1. The molecule has 156 valence electrons. The quantitative estimate of drug-likeness (QED) is 0.392. The van der Waals surface area contributed by atoms with Crippen LogP contribution in [0, 0.1) is 10.1 Å². The highest BCUT2D eigenvalue weighted by molar-refractivity contribution is 5.86. The third-order valence-corrected chi connectivity index (χ3v) is 3.91. The Morgan fingerprint density at radius 1 is 1.21 bits per heavy atom. The maximum Gasteiger partial charge on any atom is 0.416 e. The number of rotatable bonds is 7. The molecule has 1 N–H and O–H groups in total. The van der Waals surface area contributed by atoms with Crippen molar-refractivity contribution in [3.05, 3.63) is 58.1 Å². The molecular weight excluding hydrogens is 389 g/mol. The van der Waals surface area contributed by atoms with Crippen molar-refractivity contribution in [2.45, 2.75) is 26.1 Å². The number of ether oxygens (including phenoxy) is 1.